The SMILES string of the molecule is CCN1CCN(CC23CCC(NC(=O)C(NC(=O)c4cccc(C5CCCN(C(=O)CNCc6ccc(F)cc6F)C5)c4F)C4CCCCC4)(CC2)CO3)CC1. The summed E-state index contributed by atoms with van der Waals surface area (Å²) in [5.74, 6) is -3.37. The Bertz CT molecular complexity index is 1690. The van der Waals surface area contributed by atoms with Crippen LogP contribution >= 0.6 is 0 Å². The van der Waals surface area contributed by atoms with Crippen LogP contribution in [-0.2, 0) is 20.9 Å². The van der Waals surface area contributed by atoms with Gasteiger partial charge in [-0.1, -0.05) is 44.4 Å². The number of rotatable bonds is 13. The number of piperidine rings is 1. The van der Waals surface area contributed by atoms with Gasteiger partial charge in [-0.3, -0.25) is 19.3 Å². The van der Waals surface area contributed by atoms with Crippen molar-refractivity contribution in [1.82, 2.24) is 30.7 Å². The highest BCUT2D eigenvalue weighted by Gasteiger charge is 2.52. The average Bonchev–Trinajstić information content (AvgIpc) is 3.22. The fourth-order valence-corrected chi connectivity index (χ4v) is 9.80. The minimum Gasteiger partial charge on any atom is -0.371 e. The van der Waals surface area contributed by atoms with Crippen molar-refractivity contribution >= 4 is 17.7 Å². The smallest absolute Gasteiger partial charge is 0.254 e. The molecule has 3 amide bonds. The third-order valence-corrected chi connectivity index (χ3v) is 13.4. The standard InChI is InChI=1S/C43H59F3N6O4/c1-2-50-20-22-51(23-21-50)28-43-17-15-42(16-18-43,29-56-43)49-41(55)39(30-8-4-3-5-9-30)48-40(54)35-12-6-11-34(38(35)46)32-10-7-19-52(27-32)37(53)26-47-25-31-13-14-33(44)24-36(31)45/h6,11-14,24,30,32,39,47H,2-5,7-10,15-23,25-29H2,1H3,(H,48,54)(H,49,55). The molecule has 2 bridgehead atoms. The zero-order valence-corrected chi connectivity index (χ0v) is 32.9. The van der Waals surface area contributed by atoms with E-state index in [1.54, 1.807) is 17.0 Å². The maximum atomic E-state index is 16.4. The predicted molar refractivity (Wildman–Crippen MR) is 207 cm³/mol. The number of nitrogens with one attached hydrogen (secondary N) is 3. The van der Waals surface area contributed by atoms with E-state index in [4.69, 9.17) is 4.74 Å². The molecular formula is C43H59F3N6O4. The van der Waals surface area contributed by atoms with Crippen molar-refractivity contribution in [1.29, 1.82) is 0 Å². The van der Waals surface area contributed by atoms with Crippen molar-refractivity contribution in [3.63, 3.8) is 0 Å². The molecule has 6 fully saturated rings. The second kappa shape index (κ2) is 18.0. The van der Waals surface area contributed by atoms with Crippen LogP contribution in [-0.4, -0.2) is 115 Å². The van der Waals surface area contributed by atoms with Gasteiger partial charge in [0, 0.05) is 69.9 Å². The van der Waals surface area contributed by atoms with E-state index in [9.17, 15) is 23.2 Å². The summed E-state index contributed by atoms with van der Waals surface area (Å²) in [4.78, 5) is 48.0. The molecule has 10 nitrogen and oxygen atoms in total. The van der Waals surface area contributed by atoms with E-state index in [0.717, 1.165) is 103 Å². The van der Waals surface area contributed by atoms with Crippen LogP contribution in [0.15, 0.2) is 36.4 Å². The Morgan fingerprint density at radius 2 is 1.64 bits per heavy atom. The molecule has 4 saturated heterocycles. The Morgan fingerprint density at radius 3 is 2.34 bits per heavy atom. The first-order valence-electron chi connectivity index (χ1n) is 21.0. The van der Waals surface area contributed by atoms with E-state index < -0.39 is 34.9 Å². The molecule has 8 rings (SSSR count). The molecule has 2 atom stereocenters. The number of hydrogen-bond donors (Lipinski definition) is 3. The molecule has 2 aromatic carbocycles. The van der Waals surface area contributed by atoms with Crippen molar-refractivity contribution in [2.45, 2.75) is 107 Å². The molecule has 56 heavy (non-hydrogen) atoms. The van der Waals surface area contributed by atoms with E-state index in [0.29, 0.717) is 31.6 Å². The molecule has 4 heterocycles. The third-order valence-electron chi connectivity index (χ3n) is 13.4. The number of piperazine rings is 1. The van der Waals surface area contributed by atoms with Crippen molar-refractivity contribution in [2.24, 2.45) is 5.92 Å². The monoisotopic (exact) mass is 780 g/mol. The molecule has 0 radical (unpaired) electrons. The van der Waals surface area contributed by atoms with Crippen LogP contribution < -0.4 is 16.0 Å². The zero-order valence-electron chi connectivity index (χ0n) is 32.9. The Hall–Kier alpha value is -3.52. The number of fused-ring (bicyclic) bond motifs is 3. The van der Waals surface area contributed by atoms with Gasteiger partial charge in [0.05, 0.1) is 29.9 Å². The molecule has 6 aliphatic rings. The second-order valence-electron chi connectivity index (χ2n) is 17.0. The van der Waals surface area contributed by atoms with Crippen molar-refractivity contribution < 1.29 is 32.3 Å². The number of nitrogens with zero attached hydrogens (tertiary/aromatic N) is 3. The Kier molecular flexibility index (Phi) is 13.0. The molecule has 0 spiro atoms. The number of benzene rings is 2. The molecule has 0 aromatic heterocycles. The number of likely N-dealkylation sites (tertiary alicyclic amines) is 1. The normalized spacial score (nSPS) is 26.9. The highest BCUT2D eigenvalue weighted by Crippen LogP contribution is 2.44. The second-order valence-corrected chi connectivity index (χ2v) is 17.0. The van der Waals surface area contributed by atoms with Gasteiger partial charge in [0.2, 0.25) is 11.8 Å². The topological polar surface area (TPSA) is 106 Å². The number of hydrogen-bond acceptors (Lipinski definition) is 7. The lowest BCUT2D eigenvalue weighted by molar-refractivity contribution is -0.176. The van der Waals surface area contributed by atoms with Gasteiger partial charge in [0.15, 0.2) is 0 Å². The van der Waals surface area contributed by atoms with E-state index in [1.165, 1.54) is 18.2 Å². The number of halogens is 3. The average molecular weight is 781 g/mol. The summed E-state index contributed by atoms with van der Waals surface area (Å²) in [7, 11) is 0. The summed E-state index contributed by atoms with van der Waals surface area (Å²) in [6.45, 7) is 9.73. The van der Waals surface area contributed by atoms with Crippen LogP contribution in [0.25, 0.3) is 0 Å². The van der Waals surface area contributed by atoms with Crippen LogP contribution in [0.1, 0.15) is 105 Å². The fraction of sp³-hybridized carbons (Fsp3) is 0.651. The number of likely N-dealkylation sites (N-methyl/N-ethyl adjacent to an activating group) is 1. The van der Waals surface area contributed by atoms with Crippen molar-refractivity contribution in [3.8, 4) is 0 Å². The lowest BCUT2D eigenvalue weighted by atomic mass is 9.70. The summed E-state index contributed by atoms with van der Waals surface area (Å²) in [6.07, 6.45) is 9.43. The highest BCUT2D eigenvalue weighted by molar-refractivity contribution is 5.98. The largest absolute Gasteiger partial charge is 0.371 e. The molecule has 2 saturated carbocycles. The summed E-state index contributed by atoms with van der Waals surface area (Å²) < 4.78 is 50.3. The van der Waals surface area contributed by atoms with Crippen LogP contribution in [0.2, 0.25) is 0 Å². The Morgan fingerprint density at radius 1 is 0.893 bits per heavy atom. The molecule has 3 N–H and O–H groups in total. The van der Waals surface area contributed by atoms with Crippen molar-refractivity contribution in [3.05, 3.63) is 70.5 Å². The summed E-state index contributed by atoms with van der Waals surface area (Å²) >= 11 is 0. The van der Waals surface area contributed by atoms with E-state index in [-0.39, 0.29) is 60.0 Å². The van der Waals surface area contributed by atoms with Gasteiger partial charge in [-0.05, 0) is 81.5 Å². The first-order valence-corrected chi connectivity index (χ1v) is 21.0. The lowest BCUT2D eigenvalue weighted by Crippen LogP contribution is -2.67. The molecule has 13 heteroatoms. The maximum absolute atomic E-state index is 16.4. The van der Waals surface area contributed by atoms with Gasteiger partial charge >= 0.3 is 0 Å². The van der Waals surface area contributed by atoms with Crippen molar-refractivity contribution in [2.75, 3.05) is 65.5 Å². The summed E-state index contributed by atoms with van der Waals surface area (Å²) in [5.41, 5.74) is -0.132. The fourth-order valence-electron chi connectivity index (χ4n) is 9.80. The van der Waals surface area contributed by atoms with Gasteiger partial charge in [-0.25, -0.2) is 13.2 Å². The Balaban J connectivity index is 0.966. The molecule has 2 aliphatic carbocycles. The van der Waals surface area contributed by atoms with Gasteiger partial charge in [-0.15, -0.1) is 0 Å². The van der Waals surface area contributed by atoms with E-state index >= 15 is 4.39 Å². The van der Waals surface area contributed by atoms with Crippen LogP contribution in [0, 0.1) is 23.4 Å². The summed E-state index contributed by atoms with van der Waals surface area (Å²) in [6, 6.07) is 7.33. The third kappa shape index (κ3) is 9.43. The molecule has 306 valence electrons. The lowest BCUT2D eigenvalue weighted by Gasteiger charge is -2.55. The first kappa shape index (κ1) is 40.7. The summed E-state index contributed by atoms with van der Waals surface area (Å²) in [5, 5.41) is 9.29. The zero-order chi connectivity index (χ0) is 39.3. The van der Waals surface area contributed by atoms with E-state index in [2.05, 4.69) is 32.7 Å². The Labute approximate surface area is 329 Å². The molecule has 4 aliphatic heterocycles. The minimum absolute atomic E-state index is 0.0459. The van der Waals surface area contributed by atoms with Gasteiger partial charge < -0.3 is 30.5 Å². The molecular weight excluding hydrogens is 722 g/mol. The van der Waals surface area contributed by atoms with Gasteiger partial charge in [-0.2, -0.15) is 0 Å². The molecule has 2 aromatic rings. The highest BCUT2D eigenvalue weighted by atomic mass is 19.1. The quantitative estimate of drug-likeness (QED) is 0.260. The number of carbonyl (C=O) groups excluding carboxylic acids is 3. The van der Waals surface area contributed by atoms with Crippen LogP contribution in [0.5, 0.6) is 0 Å². The minimum atomic E-state index is -0.789. The van der Waals surface area contributed by atoms with Gasteiger partial charge in [0.25, 0.3) is 5.91 Å². The number of amides is 3. The first-order chi connectivity index (χ1) is 27.1. The molecule has 2 unspecified atom stereocenters. The van der Waals surface area contributed by atoms with Crippen LogP contribution in [0.4, 0.5) is 13.2 Å². The van der Waals surface area contributed by atoms with E-state index in [1.807, 2.05) is 0 Å². The predicted octanol–water partition coefficient (Wildman–Crippen LogP) is 5.11. The maximum Gasteiger partial charge on any atom is 0.254 e. The number of ether oxygens (including phenoxy) is 1. The van der Waals surface area contributed by atoms with Gasteiger partial charge in [0.1, 0.15) is 23.5 Å². The number of carbonyl (C=O) groups is 3. The van der Waals surface area contributed by atoms with Crippen LogP contribution in [0.3, 0.4) is 0 Å².